The van der Waals surface area contributed by atoms with Crippen molar-refractivity contribution in [2.45, 2.75) is 13.0 Å². The number of hydrogen-bond acceptors (Lipinski definition) is 4. The van der Waals surface area contributed by atoms with Crippen LogP contribution in [0.1, 0.15) is 12.1 Å². The third-order valence-electron chi connectivity index (χ3n) is 1.90. The largest absolute Gasteiger partial charge is 0.349 e. The maximum Gasteiger partial charge on any atom is 0.304 e. The highest BCUT2D eigenvalue weighted by Gasteiger charge is 2.02. The highest BCUT2D eigenvalue weighted by molar-refractivity contribution is 7.07. The summed E-state index contributed by atoms with van der Waals surface area (Å²) in [6.07, 6.45) is 0.474. The Hall–Kier alpha value is -1.14. The van der Waals surface area contributed by atoms with Gasteiger partial charge in [0.1, 0.15) is 0 Å². The molecule has 0 unspecified atom stereocenters. The molecule has 2 N–H and O–H groups in total. The van der Waals surface area contributed by atoms with Crippen molar-refractivity contribution in [3.05, 3.63) is 20.7 Å². The van der Waals surface area contributed by atoms with Gasteiger partial charge in [0.25, 0.3) is 0 Å². The first-order valence-corrected chi connectivity index (χ1v) is 5.55. The minimum Gasteiger partial charge on any atom is -0.349 e. The topological polar surface area (TPSA) is 65.2 Å². The monoisotopic (exact) mass is 229 g/mol. The van der Waals surface area contributed by atoms with E-state index in [1.807, 2.05) is 0 Å². The van der Waals surface area contributed by atoms with Crippen molar-refractivity contribution in [1.29, 1.82) is 0 Å². The summed E-state index contributed by atoms with van der Waals surface area (Å²) >= 11 is 1.15. The van der Waals surface area contributed by atoms with Crippen LogP contribution < -0.4 is 10.2 Å². The Balaban J connectivity index is 2.17. The summed E-state index contributed by atoms with van der Waals surface area (Å²) in [5.74, 6) is 0.0984. The van der Waals surface area contributed by atoms with Crippen molar-refractivity contribution >= 4 is 17.2 Å². The van der Waals surface area contributed by atoms with Gasteiger partial charge >= 0.3 is 4.87 Å². The van der Waals surface area contributed by atoms with Crippen LogP contribution in [0.5, 0.6) is 0 Å². The van der Waals surface area contributed by atoms with Gasteiger partial charge in [0, 0.05) is 44.7 Å². The summed E-state index contributed by atoms with van der Waals surface area (Å²) in [6.45, 7) is 1.22. The maximum atomic E-state index is 11.2. The molecule has 1 rings (SSSR count). The van der Waals surface area contributed by atoms with Crippen LogP contribution in [0, 0.1) is 0 Å². The Bertz CT molecular complexity index is 369. The van der Waals surface area contributed by atoms with Gasteiger partial charge in [0.2, 0.25) is 5.91 Å². The highest BCUT2D eigenvalue weighted by Crippen LogP contribution is 1.94. The minimum absolute atomic E-state index is 0.0452. The molecule has 84 valence electrons. The summed E-state index contributed by atoms with van der Waals surface area (Å²) in [7, 11) is 3.47. The molecule has 15 heavy (non-hydrogen) atoms. The Labute approximate surface area is 92.1 Å². The number of H-pyrrole nitrogens is 1. The van der Waals surface area contributed by atoms with E-state index < -0.39 is 0 Å². The molecule has 1 amide bonds. The van der Waals surface area contributed by atoms with Gasteiger partial charge in [-0.15, -0.1) is 0 Å². The number of carbonyl (C=O) groups is 1. The first-order valence-electron chi connectivity index (χ1n) is 4.67. The molecule has 0 radical (unpaired) electrons. The van der Waals surface area contributed by atoms with Gasteiger partial charge in [-0.1, -0.05) is 11.3 Å². The fraction of sp³-hybridized carbons (Fsp3) is 0.556. The number of nitrogens with zero attached hydrogens (tertiary/aromatic N) is 1. The van der Waals surface area contributed by atoms with Gasteiger partial charge in [-0.2, -0.15) is 0 Å². The lowest BCUT2D eigenvalue weighted by Gasteiger charge is -2.09. The molecule has 0 aliphatic rings. The number of thiazole rings is 1. The normalized spacial score (nSPS) is 10.3. The molecule has 1 aromatic heterocycles. The highest BCUT2D eigenvalue weighted by atomic mass is 32.1. The van der Waals surface area contributed by atoms with Gasteiger partial charge in [-0.3, -0.25) is 9.59 Å². The second kappa shape index (κ2) is 5.67. The van der Waals surface area contributed by atoms with Gasteiger partial charge in [0.05, 0.1) is 0 Å². The third-order valence-corrected chi connectivity index (χ3v) is 2.62. The summed E-state index contributed by atoms with van der Waals surface area (Å²) in [4.78, 5) is 26.2. The first-order chi connectivity index (χ1) is 7.09. The van der Waals surface area contributed by atoms with E-state index in [0.29, 0.717) is 19.5 Å². The molecule has 0 aliphatic carbocycles. The van der Waals surface area contributed by atoms with Gasteiger partial charge < -0.3 is 15.2 Å². The minimum atomic E-state index is -0.0452. The number of carbonyl (C=O) groups excluding carboxylic acids is 1. The average molecular weight is 229 g/mol. The molecule has 1 aromatic rings. The molecular formula is C9H15N3O2S. The predicted octanol–water partition coefficient (Wildman–Crippen LogP) is 0.00430. The quantitative estimate of drug-likeness (QED) is 0.699. The van der Waals surface area contributed by atoms with E-state index in [9.17, 15) is 9.59 Å². The lowest BCUT2D eigenvalue weighted by Crippen LogP contribution is -2.26. The van der Waals surface area contributed by atoms with Gasteiger partial charge in [0.15, 0.2) is 0 Å². The molecule has 0 saturated heterocycles. The summed E-state index contributed by atoms with van der Waals surface area (Å²) < 4.78 is 0. The van der Waals surface area contributed by atoms with E-state index in [-0.39, 0.29) is 10.8 Å². The lowest BCUT2D eigenvalue weighted by molar-refractivity contribution is -0.128. The molecular weight excluding hydrogens is 214 g/mol. The maximum absolute atomic E-state index is 11.2. The smallest absolute Gasteiger partial charge is 0.304 e. The standard InChI is InChI=1S/C9H15N3O2S/c1-12(2)8(13)3-4-10-5-7-6-15-9(14)11-7/h6,10H,3-5H2,1-2H3,(H,11,14). The number of aromatic amines is 1. The zero-order valence-corrected chi connectivity index (χ0v) is 9.69. The molecule has 0 bridgehead atoms. The van der Waals surface area contributed by atoms with Crippen molar-refractivity contribution in [3.8, 4) is 0 Å². The first kappa shape index (κ1) is 11.9. The SMILES string of the molecule is CN(C)C(=O)CCNCc1csc(=O)[nH]1. The van der Waals surface area contributed by atoms with E-state index in [1.165, 1.54) is 0 Å². The van der Waals surface area contributed by atoms with Crippen LogP contribution in [0.3, 0.4) is 0 Å². The summed E-state index contributed by atoms with van der Waals surface area (Å²) in [6, 6.07) is 0. The number of rotatable bonds is 5. The molecule has 1 heterocycles. The molecule has 5 nitrogen and oxygen atoms in total. The van der Waals surface area contributed by atoms with Crippen LogP contribution in [0.25, 0.3) is 0 Å². The van der Waals surface area contributed by atoms with E-state index in [0.717, 1.165) is 17.0 Å². The molecule has 0 saturated carbocycles. The van der Waals surface area contributed by atoms with Crippen LogP contribution in [0.15, 0.2) is 10.2 Å². The van der Waals surface area contributed by atoms with E-state index >= 15 is 0 Å². The van der Waals surface area contributed by atoms with Crippen molar-refractivity contribution in [2.24, 2.45) is 0 Å². The Morgan fingerprint density at radius 1 is 1.60 bits per heavy atom. The van der Waals surface area contributed by atoms with Crippen LogP contribution in [0.2, 0.25) is 0 Å². The Kier molecular flexibility index (Phi) is 4.51. The molecule has 0 fully saturated rings. The van der Waals surface area contributed by atoms with Crippen LogP contribution >= 0.6 is 11.3 Å². The molecule has 0 spiro atoms. The van der Waals surface area contributed by atoms with Crippen LogP contribution in [0.4, 0.5) is 0 Å². The number of aromatic nitrogens is 1. The predicted molar refractivity (Wildman–Crippen MR) is 60.0 cm³/mol. The third kappa shape index (κ3) is 4.26. The van der Waals surface area contributed by atoms with Crippen molar-refractivity contribution in [2.75, 3.05) is 20.6 Å². The fourth-order valence-electron chi connectivity index (χ4n) is 1.04. The number of hydrogen-bond donors (Lipinski definition) is 2. The molecule has 6 heteroatoms. The zero-order valence-electron chi connectivity index (χ0n) is 8.87. The molecule has 0 aromatic carbocycles. The summed E-state index contributed by atoms with van der Waals surface area (Å²) in [5.41, 5.74) is 0.863. The van der Waals surface area contributed by atoms with Crippen molar-refractivity contribution < 1.29 is 4.79 Å². The van der Waals surface area contributed by atoms with Crippen LogP contribution in [-0.2, 0) is 11.3 Å². The zero-order chi connectivity index (χ0) is 11.3. The lowest BCUT2D eigenvalue weighted by atomic mass is 10.3. The summed E-state index contributed by atoms with van der Waals surface area (Å²) in [5, 5.41) is 4.87. The van der Waals surface area contributed by atoms with Crippen LogP contribution in [-0.4, -0.2) is 36.4 Å². The van der Waals surface area contributed by atoms with Crippen molar-refractivity contribution in [1.82, 2.24) is 15.2 Å². The van der Waals surface area contributed by atoms with E-state index in [2.05, 4.69) is 10.3 Å². The fourth-order valence-corrected chi connectivity index (χ4v) is 1.62. The number of amides is 1. The average Bonchev–Trinajstić information content (AvgIpc) is 2.58. The van der Waals surface area contributed by atoms with E-state index in [4.69, 9.17) is 0 Å². The molecule has 0 aliphatic heterocycles. The second-order valence-corrected chi connectivity index (χ2v) is 4.23. The number of nitrogens with one attached hydrogen (secondary N) is 2. The van der Waals surface area contributed by atoms with E-state index in [1.54, 1.807) is 24.4 Å². The second-order valence-electron chi connectivity index (χ2n) is 3.39. The molecule has 0 atom stereocenters. The van der Waals surface area contributed by atoms with Gasteiger partial charge in [-0.05, 0) is 0 Å². The van der Waals surface area contributed by atoms with Gasteiger partial charge in [-0.25, -0.2) is 0 Å². The van der Waals surface area contributed by atoms with Crippen molar-refractivity contribution in [3.63, 3.8) is 0 Å². The Morgan fingerprint density at radius 2 is 2.33 bits per heavy atom. The Morgan fingerprint density at radius 3 is 2.87 bits per heavy atom.